The van der Waals surface area contributed by atoms with Gasteiger partial charge in [0.25, 0.3) is 0 Å². The largest absolute Gasteiger partial charge is 0.277 e. The smallest absolute Gasteiger partial charge is 0.235 e. The van der Waals surface area contributed by atoms with Crippen LogP contribution in [0.2, 0.25) is 0 Å². The summed E-state index contributed by atoms with van der Waals surface area (Å²) in [5.74, 6) is 0.668. The molecule has 0 N–H and O–H groups in total. The molecule has 0 aliphatic heterocycles. The summed E-state index contributed by atoms with van der Waals surface area (Å²) in [6.07, 6.45) is 0. The van der Waals surface area contributed by atoms with E-state index >= 15 is 0 Å². The topological polar surface area (TPSA) is 30.7 Å². The fourth-order valence-corrected chi connectivity index (χ4v) is 9.46. The lowest BCUT2D eigenvalue weighted by Crippen LogP contribution is -2.10. The number of rotatable bonds is 3. The first kappa shape index (κ1) is 32.8. The van der Waals surface area contributed by atoms with E-state index in [4.69, 9.17) is 9.97 Å². The van der Waals surface area contributed by atoms with Crippen LogP contribution in [0, 0.1) is 0 Å². The van der Waals surface area contributed by atoms with Crippen LogP contribution >= 0.6 is 11.3 Å². The van der Waals surface area contributed by atoms with Crippen molar-refractivity contribution in [2.45, 2.75) is 52.4 Å². The van der Waals surface area contributed by atoms with Gasteiger partial charge in [-0.15, -0.1) is 11.3 Å². The summed E-state index contributed by atoms with van der Waals surface area (Å²) in [4.78, 5) is 10.8. The normalized spacial score (nSPS) is 12.6. The second-order valence-electron chi connectivity index (χ2n) is 16.7. The molecule has 0 bridgehead atoms. The molecule has 0 atom stereocenters. The number of para-hydroxylation sites is 1. The van der Waals surface area contributed by atoms with Crippen molar-refractivity contribution in [1.82, 2.24) is 14.5 Å². The van der Waals surface area contributed by atoms with Gasteiger partial charge < -0.3 is 0 Å². The van der Waals surface area contributed by atoms with Crippen LogP contribution in [0.4, 0.5) is 0 Å². The quantitative estimate of drug-likeness (QED) is 0.171. The van der Waals surface area contributed by atoms with Crippen molar-refractivity contribution in [2.75, 3.05) is 0 Å². The van der Waals surface area contributed by atoms with Crippen LogP contribution in [0.15, 0.2) is 140 Å². The van der Waals surface area contributed by atoms with E-state index in [1.165, 1.54) is 63.6 Å². The molecule has 0 unspecified atom stereocenters. The van der Waals surface area contributed by atoms with Crippen molar-refractivity contribution in [2.24, 2.45) is 0 Å². The minimum Gasteiger partial charge on any atom is -0.277 e. The molecule has 7 aromatic carbocycles. The van der Waals surface area contributed by atoms with Crippen molar-refractivity contribution in [3.8, 4) is 28.5 Å². The summed E-state index contributed by atoms with van der Waals surface area (Å²) in [6.45, 7) is 13.5. The number of benzene rings is 7. The zero-order chi connectivity index (χ0) is 36.9. The number of thiophene rings is 1. The van der Waals surface area contributed by atoms with E-state index < -0.39 is 0 Å². The minimum absolute atomic E-state index is 0.0605. The van der Waals surface area contributed by atoms with Gasteiger partial charge in [0.15, 0.2) is 0 Å². The summed E-state index contributed by atoms with van der Waals surface area (Å²) in [6, 6.07) is 51.2. The summed E-state index contributed by atoms with van der Waals surface area (Å²) in [5.41, 5.74) is 8.89. The Morgan fingerprint density at radius 2 is 1.00 bits per heavy atom. The van der Waals surface area contributed by atoms with Gasteiger partial charge in [-0.2, -0.15) is 0 Å². The van der Waals surface area contributed by atoms with Crippen molar-refractivity contribution >= 4 is 74.9 Å². The molecule has 10 rings (SSSR count). The maximum Gasteiger partial charge on any atom is 0.235 e. The van der Waals surface area contributed by atoms with Crippen LogP contribution in [0.1, 0.15) is 52.7 Å². The van der Waals surface area contributed by atoms with Gasteiger partial charge in [0.2, 0.25) is 5.95 Å². The third-order valence-electron chi connectivity index (χ3n) is 11.2. The number of hydrogen-bond acceptors (Lipinski definition) is 3. The summed E-state index contributed by atoms with van der Waals surface area (Å²) >= 11 is 1.89. The second-order valence-corrected chi connectivity index (χ2v) is 17.8. The molecule has 3 nitrogen and oxygen atoms in total. The van der Waals surface area contributed by atoms with Crippen molar-refractivity contribution < 1.29 is 0 Å². The van der Waals surface area contributed by atoms with E-state index in [-0.39, 0.29) is 10.8 Å². The highest BCUT2D eigenvalue weighted by Crippen LogP contribution is 2.44. The fourth-order valence-electron chi connectivity index (χ4n) is 8.18. The maximum atomic E-state index is 5.42. The van der Waals surface area contributed by atoms with Crippen LogP contribution in [0.3, 0.4) is 0 Å². The Bertz CT molecular complexity index is 3020. The lowest BCUT2D eigenvalue weighted by molar-refractivity contribution is 0.590. The Kier molecular flexibility index (Phi) is 7.18. The average molecular weight is 716 g/mol. The third-order valence-corrected chi connectivity index (χ3v) is 12.4. The molecule has 0 spiro atoms. The molecule has 3 heterocycles. The maximum absolute atomic E-state index is 5.42. The number of hydrogen-bond donors (Lipinski definition) is 0. The summed E-state index contributed by atoms with van der Waals surface area (Å²) in [7, 11) is 0. The molecule has 10 aromatic rings. The van der Waals surface area contributed by atoms with Gasteiger partial charge in [-0.1, -0.05) is 163 Å². The molecular formula is C50H41N3S. The first-order valence-electron chi connectivity index (χ1n) is 18.8. The Labute approximate surface area is 319 Å². The van der Waals surface area contributed by atoms with E-state index in [2.05, 4.69) is 186 Å². The molecule has 4 heteroatoms. The van der Waals surface area contributed by atoms with Gasteiger partial charge in [0.05, 0.1) is 22.4 Å². The summed E-state index contributed by atoms with van der Waals surface area (Å²) < 4.78 is 4.96. The molecule has 3 aromatic heterocycles. The van der Waals surface area contributed by atoms with Gasteiger partial charge in [0.1, 0.15) is 0 Å². The van der Waals surface area contributed by atoms with Gasteiger partial charge in [-0.3, -0.25) is 4.57 Å². The highest BCUT2D eigenvalue weighted by molar-refractivity contribution is 7.26. The minimum atomic E-state index is 0.0605. The molecule has 0 fully saturated rings. The molecule has 0 aliphatic carbocycles. The molecule has 0 amide bonds. The van der Waals surface area contributed by atoms with Crippen LogP contribution in [0.25, 0.3) is 92.0 Å². The van der Waals surface area contributed by atoms with E-state index in [0.29, 0.717) is 5.95 Å². The van der Waals surface area contributed by atoms with Gasteiger partial charge >= 0.3 is 0 Å². The van der Waals surface area contributed by atoms with Crippen molar-refractivity contribution in [1.29, 1.82) is 0 Å². The molecule has 0 radical (unpaired) electrons. The highest BCUT2D eigenvalue weighted by Gasteiger charge is 2.21. The van der Waals surface area contributed by atoms with Gasteiger partial charge in [-0.25, -0.2) is 9.97 Å². The lowest BCUT2D eigenvalue weighted by Gasteiger charge is -2.20. The molecule has 0 saturated heterocycles. The zero-order valence-corrected chi connectivity index (χ0v) is 32.3. The van der Waals surface area contributed by atoms with Crippen molar-refractivity contribution in [3.63, 3.8) is 0 Å². The highest BCUT2D eigenvalue weighted by atomic mass is 32.1. The van der Waals surface area contributed by atoms with Crippen LogP contribution in [-0.4, -0.2) is 14.5 Å². The predicted octanol–water partition coefficient (Wildman–Crippen LogP) is 14.2. The van der Waals surface area contributed by atoms with E-state index in [1.54, 1.807) is 0 Å². The average Bonchev–Trinajstić information content (AvgIpc) is 3.73. The fraction of sp³-hybridized carbons (Fsp3) is 0.160. The number of nitrogens with zero attached hydrogens (tertiary/aromatic N) is 3. The Hall–Kier alpha value is -5.84. The van der Waals surface area contributed by atoms with Crippen LogP contribution in [0.5, 0.6) is 0 Å². The Morgan fingerprint density at radius 1 is 0.481 bits per heavy atom. The van der Waals surface area contributed by atoms with Crippen LogP contribution < -0.4 is 0 Å². The summed E-state index contributed by atoms with van der Waals surface area (Å²) in [5, 5.41) is 10.0. The monoisotopic (exact) mass is 715 g/mol. The van der Waals surface area contributed by atoms with E-state index in [9.17, 15) is 0 Å². The first-order valence-corrected chi connectivity index (χ1v) is 19.6. The molecule has 54 heavy (non-hydrogen) atoms. The van der Waals surface area contributed by atoms with Crippen molar-refractivity contribution in [3.05, 3.63) is 151 Å². The van der Waals surface area contributed by atoms with Gasteiger partial charge in [-0.05, 0) is 50.9 Å². The van der Waals surface area contributed by atoms with Crippen LogP contribution in [-0.2, 0) is 10.8 Å². The Balaban J connectivity index is 1.28. The Morgan fingerprint density at radius 3 is 1.63 bits per heavy atom. The van der Waals surface area contributed by atoms with E-state index in [0.717, 1.165) is 33.5 Å². The molecular weight excluding hydrogens is 675 g/mol. The first-order chi connectivity index (χ1) is 26.0. The van der Waals surface area contributed by atoms with E-state index in [1.807, 2.05) is 11.3 Å². The molecule has 0 saturated carbocycles. The molecule has 0 aliphatic rings. The SMILES string of the molecule is CC(C)(C)c1ccc(-c2cc(-c3ccc(C(C)(C)C)cc3)nc(-n3c4ccccc4c4ccc5c(ccc6ccc7c8ccccc8sc7c65)c43)n2)cc1. The lowest BCUT2D eigenvalue weighted by atomic mass is 9.86. The standard InChI is InChI=1S/C50H41N3S/c1-49(2,3)33-21-15-30(16-22-33)41-29-42(31-17-23-34(24-18-31)50(4,5)6)52-48(51-41)53-43-13-9-7-11-35(43)38-28-27-37-39(46(38)53)25-19-32-20-26-40-36-12-8-10-14-44(36)54-47(40)45(32)37/h7-29H,1-6H3. The predicted molar refractivity (Wildman–Crippen MR) is 233 cm³/mol. The number of aromatic nitrogens is 3. The molecule has 262 valence electrons. The number of fused-ring (bicyclic) bond motifs is 11. The third kappa shape index (κ3) is 5.15. The second kappa shape index (κ2) is 11.8. The van der Waals surface area contributed by atoms with Gasteiger partial charge in [0, 0.05) is 52.8 Å². The zero-order valence-electron chi connectivity index (χ0n) is 31.5.